The molecule has 1 amide bonds. The second-order valence-corrected chi connectivity index (χ2v) is 7.05. The average Bonchev–Trinajstić information content (AvgIpc) is 3.17. The molecule has 2 aromatic rings. The molecule has 0 radical (unpaired) electrons. The number of nitro benzene ring substituents is 2. The van der Waals surface area contributed by atoms with Gasteiger partial charge in [-0.05, 0) is 24.3 Å². The van der Waals surface area contributed by atoms with Crippen LogP contribution in [-0.2, 0) is 11.0 Å². The van der Waals surface area contributed by atoms with Gasteiger partial charge in [-0.3, -0.25) is 30.0 Å². The molecule has 1 heterocycles. The fraction of sp³-hybridized carbons (Fsp3) is 0.176. The van der Waals surface area contributed by atoms with E-state index in [1.165, 1.54) is 36.0 Å². The van der Waals surface area contributed by atoms with E-state index >= 15 is 0 Å². The van der Waals surface area contributed by atoms with Gasteiger partial charge in [0.2, 0.25) is 5.91 Å². The minimum atomic E-state index is -4.96. The molecule has 1 N–H and O–H groups in total. The van der Waals surface area contributed by atoms with Gasteiger partial charge in [0.25, 0.3) is 11.4 Å². The van der Waals surface area contributed by atoms with Crippen molar-refractivity contribution in [2.24, 2.45) is 4.99 Å². The maximum Gasteiger partial charge on any atom is 0.423 e. The molecule has 1 atom stereocenters. The smallest absolute Gasteiger partial charge is 0.324 e. The summed E-state index contributed by atoms with van der Waals surface area (Å²) in [6, 6.07) is 6.83. The molecule has 0 saturated heterocycles. The molecule has 0 aliphatic carbocycles. The Bertz CT molecular complexity index is 1060. The van der Waals surface area contributed by atoms with Crippen LogP contribution in [0, 0.1) is 20.2 Å². The molecule has 9 nitrogen and oxygen atoms in total. The quantitative estimate of drug-likeness (QED) is 0.552. The van der Waals surface area contributed by atoms with Gasteiger partial charge in [-0.25, -0.2) is 0 Å². The lowest BCUT2D eigenvalue weighted by Gasteiger charge is -2.12. The highest BCUT2D eigenvalue weighted by molar-refractivity contribution is 8.14. The van der Waals surface area contributed by atoms with Crippen LogP contribution in [0.2, 0.25) is 0 Å². The van der Waals surface area contributed by atoms with Crippen molar-refractivity contribution in [3.63, 3.8) is 0 Å². The van der Waals surface area contributed by atoms with Crippen LogP contribution < -0.4 is 5.32 Å². The number of amides is 1. The van der Waals surface area contributed by atoms with E-state index in [0.717, 1.165) is 6.07 Å². The van der Waals surface area contributed by atoms with Crippen molar-refractivity contribution in [1.29, 1.82) is 0 Å². The third-order valence-corrected chi connectivity index (χ3v) is 5.14. The van der Waals surface area contributed by atoms with Crippen molar-refractivity contribution in [2.45, 2.75) is 12.2 Å². The number of halogens is 3. The monoisotopic (exact) mass is 440 g/mol. The van der Waals surface area contributed by atoms with E-state index in [1.807, 2.05) is 0 Å². The van der Waals surface area contributed by atoms with Crippen molar-refractivity contribution < 1.29 is 27.8 Å². The standard InChI is InChI=1S/C17H11F3N4O5S/c18-17(19,20)12-7-10(3-6-14(12)24(28)29)21-15(25)13-8-30-16(22-13)9-1-4-11(5-2-9)23(26)27/h1-7,13H,8H2,(H,21,25). The summed E-state index contributed by atoms with van der Waals surface area (Å²) in [6.45, 7) is 0. The Hall–Kier alpha value is -3.48. The lowest BCUT2D eigenvalue weighted by atomic mass is 10.1. The Balaban J connectivity index is 1.76. The van der Waals surface area contributed by atoms with Crippen molar-refractivity contribution in [3.8, 4) is 0 Å². The Morgan fingerprint density at radius 2 is 1.77 bits per heavy atom. The van der Waals surface area contributed by atoms with Gasteiger partial charge in [0.1, 0.15) is 11.6 Å². The first kappa shape index (κ1) is 21.2. The number of nitrogens with one attached hydrogen (secondary N) is 1. The maximum absolute atomic E-state index is 13.1. The number of nitro groups is 2. The van der Waals surface area contributed by atoms with E-state index in [0.29, 0.717) is 22.7 Å². The zero-order valence-corrected chi connectivity index (χ0v) is 15.6. The van der Waals surface area contributed by atoms with Gasteiger partial charge < -0.3 is 5.32 Å². The number of non-ortho nitro benzene ring substituents is 1. The molecule has 0 saturated carbocycles. The van der Waals surface area contributed by atoms with Crippen molar-refractivity contribution in [1.82, 2.24) is 0 Å². The summed E-state index contributed by atoms with van der Waals surface area (Å²) in [5, 5.41) is 24.3. The summed E-state index contributed by atoms with van der Waals surface area (Å²) in [4.78, 5) is 36.4. The van der Waals surface area contributed by atoms with Crippen LogP contribution in [0.25, 0.3) is 0 Å². The minimum absolute atomic E-state index is 0.102. The van der Waals surface area contributed by atoms with Crippen molar-refractivity contribution in [2.75, 3.05) is 11.1 Å². The van der Waals surface area contributed by atoms with Crippen LogP contribution in [-0.4, -0.2) is 32.6 Å². The number of benzene rings is 2. The van der Waals surface area contributed by atoms with Crippen LogP contribution >= 0.6 is 11.8 Å². The van der Waals surface area contributed by atoms with Crippen molar-refractivity contribution >= 4 is 39.8 Å². The molecule has 156 valence electrons. The number of aliphatic imine (C=N–C) groups is 1. The van der Waals surface area contributed by atoms with Gasteiger partial charge in [0, 0.05) is 35.2 Å². The number of hydrogen-bond donors (Lipinski definition) is 1. The van der Waals surface area contributed by atoms with Crippen LogP contribution in [0.4, 0.5) is 30.2 Å². The molecule has 0 spiro atoms. The van der Waals surface area contributed by atoms with Crippen LogP contribution in [0.1, 0.15) is 11.1 Å². The second-order valence-electron chi connectivity index (χ2n) is 6.04. The second kappa shape index (κ2) is 8.10. The van der Waals surface area contributed by atoms with Crippen molar-refractivity contribution in [3.05, 3.63) is 73.8 Å². The van der Waals surface area contributed by atoms with Gasteiger partial charge in [0.15, 0.2) is 0 Å². The fourth-order valence-electron chi connectivity index (χ4n) is 2.62. The van der Waals surface area contributed by atoms with Gasteiger partial charge in [-0.2, -0.15) is 13.2 Å². The molecule has 1 unspecified atom stereocenters. The fourth-order valence-corrected chi connectivity index (χ4v) is 3.66. The zero-order valence-electron chi connectivity index (χ0n) is 14.8. The molecular formula is C17H11F3N4O5S. The number of rotatable bonds is 5. The first-order chi connectivity index (χ1) is 14.1. The molecule has 1 aliphatic heterocycles. The van der Waals surface area contributed by atoms with E-state index in [2.05, 4.69) is 10.3 Å². The molecule has 1 aliphatic rings. The summed E-state index contributed by atoms with van der Waals surface area (Å²) in [6.07, 6.45) is -4.96. The zero-order chi connectivity index (χ0) is 22.1. The minimum Gasteiger partial charge on any atom is -0.324 e. The summed E-state index contributed by atoms with van der Waals surface area (Å²) in [5.41, 5.74) is -2.37. The largest absolute Gasteiger partial charge is 0.423 e. The Morgan fingerprint density at radius 1 is 1.10 bits per heavy atom. The Labute approximate surface area is 170 Å². The highest BCUT2D eigenvalue weighted by Crippen LogP contribution is 2.37. The van der Waals surface area contributed by atoms with Crippen LogP contribution in [0.15, 0.2) is 47.5 Å². The molecule has 0 fully saturated rings. The van der Waals surface area contributed by atoms with Gasteiger partial charge in [0.05, 0.1) is 14.9 Å². The summed E-state index contributed by atoms with van der Waals surface area (Å²) >= 11 is 1.22. The highest BCUT2D eigenvalue weighted by Gasteiger charge is 2.38. The third kappa shape index (κ3) is 4.56. The first-order valence-electron chi connectivity index (χ1n) is 8.18. The molecule has 0 bridgehead atoms. The van der Waals surface area contributed by atoms with E-state index in [9.17, 15) is 38.2 Å². The number of carbonyl (C=O) groups excluding carboxylic acids is 1. The molecule has 2 aromatic carbocycles. The SMILES string of the molecule is O=C(Nc1ccc([N+](=O)[O-])c(C(F)(F)F)c1)C1CSC(c2ccc([N+](=O)[O-])cc2)=N1. The van der Waals surface area contributed by atoms with Crippen LogP contribution in [0.5, 0.6) is 0 Å². The summed E-state index contributed by atoms with van der Waals surface area (Å²) in [7, 11) is 0. The van der Waals surface area contributed by atoms with E-state index < -0.39 is 39.2 Å². The van der Waals surface area contributed by atoms with Gasteiger partial charge in [-0.1, -0.05) is 0 Å². The summed E-state index contributed by atoms with van der Waals surface area (Å²) < 4.78 is 39.2. The van der Waals surface area contributed by atoms with E-state index in [4.69, 9.17) is 0 Å². The average molecular weight is 440 g/mol. The van der Waals surface area contributed by atoms with E-state index in [-0.39, 0.29) is 17.1 Å². The van der Waals surface area contributed by atoms with Crippen LogP contribution in [0.3, 0.4) is 0 Å². The highest BCUT2D eigenvalue weighted by atomic mass is 32.2. The van der Waals surface area contributed by atoms with Gasteiger partial charge in [-0.15, -0.1) is 11.8 Å². The lowest BCUT2D eigenvalue weighted by molar-refractivity contribution is -0.388. The third-order valence-electron chi connectivity index (χ3n) is 4.04. The Kier molecular flexibility index (Phi) is 5.73. The lowest BCUT2D eigenvalue weighted by Crippen LogP contribution is -2.26. The van der Waals surface area contributed by atoms with Gasteiger partial charge >= 0.3 is 6.18 Å². The molecule has 3 rings (SSSR count). The molecular weight excluding hydrogens is 429 g/mol. The number of hydrogen-bond acceptors (Lipinski definition) is 7. The number of thioether (sulfide) groups is 1. The first-order valence-corrected chi connectivity index (χ1v) is 9.17. The normalized spacial score (nSPS) is 16.1. The summed E-state index contributed by atoms with van der Waals surface area (Å²) in [5.74, 6) is -0.460. The predicted octanol–water partition coefficient (Wildman–Crippen LogP) is 4.02. The molecule has 0 aromatic heterocycles. The Morgan fingerprint density at radius 3 is 2.33 bits per heavy atom. The predicted molar refractivity (Wildman–Crippen MR) is 103 cm³/mol. The number of alkyl halides is 3. The van der Waals surface area contributed by atoms with E-state index in [1.54, 1.807) is 0 Å². The number of carbonyl (C=O) groups is 1. The molecule has 30 heavy (non-hydrogen) atoms. The number of nitrogens with zero attached hydrogens (tertiary/aromatic N) is 3. The topological polar surface area (TPSA) is 128 Å². The molecule has 13 heteroatoms. The maximum atomic E-state index is 13.1. The number of anilines is 1.